The maximum Gasteiger partial charge on any atom is 0.233 e. The van der Waals surface area contributed by atoms with Crippen LogP contribution >= 0.6 is 23.1 Å². The van der Waals surface area contributed by atoms with E-state index in [0.717, 1.165) is 35.0 Å². The molecule has 0 aliphatic carbocycles. The van der Waals surface area contributed by atoms with Crippen molar-refractivity contribution in [3.8, 4) is 0 Å². The highest BCUT2D eigenvalue weighted by Gasteiger charge is 2.23. The summed E-state index contributed by atoms with van der Waals surface area (Å²) in [5.41, 5.74) is 2.09. The molecule has 5 nitrogen and oxygen atoms in total. The number of pyridine rings is 1. The van der Waals surface area contributed by atoms with Crippen molar-refractivity contribution < 1.29 is 9.53 Å². The van der Waals surface area contributed by atoms with Crippen LogP contribution in [0.5, 0.6) is 0 Å². The Hall–Kier alpha value is -1.44. The van der Waals surface area contributed by atoms with E-state index < -0.39 is 0 Å². The van der Waals surface area contributed by atoms with Gasteiger partial charge in [-0.2, -0.15) is 0 Å². The maximum absolute atomic E-state index is 12.7. The zero-order chi connectivity index (χ0) is 16.8. The third-order valence-electron chi connectivity index (χ3n) is 3.84. The van der Waals surface area contributed by atoms with E-state index in [-0.39, 0.29) is 12.0 Å². The lowest BCUT2D eigenvalue weighted by molar-refractivity contribution is -0.130. The van der Waals surface area contributed by atoms with E-state index in [4.69, 9.17) is 4.74 Å². The average Bonchev–Trinajstić information content (AvgIpc) is 3.24. The predicted molar refractivity (Wildman–Crippen MR) is 96.2 cm³/mol. The van der Waals surface area contributed by atoms with Gasteiger partial charge >= 0.3 is 0 Å². The van der Waals surface area contributed by atoms with Gasteiger partial charge in [-0.15, -0.1) is 11.3 Å². The van der Waals surface area contributed by atoms with Crippen LogP contribution in [0.4, 0.5) is 0 Å². The van der Waals surface area contributed by atoms with E-state index in [0.29, 0.717) is 18.8 Å². The Morgan fingerprint density at radius 1 is 1.46 bits per heavy atom. The van der Waals surface area contributed by atoms with Crippen LogP contribution in [0.3, 0.4) is 0 Å². The SMILES string of the molecule is Cc1csc(SCC(=O)N(Cc2ccncc2)C[C@H]2CCCO2)n1. The standard InChI is InChI=1S/C17H21N3O2S2/c1-13-11-23-17(19-13)24-12-16(21)20(10-15-3-2-8-22-15)9-14-4-6-18-7-5-14/h4-7,11,15H,2-3,8-10,12H2,1H3/t15-/m1/s1. The first-order valence-corrected chi connectivity index (χ1v) is 9.90. The maximum atomic E-state index is 12.7. The molecular weight excluding hydrogens is 342 g/mol. The minimum Gasteiger partial charge on any atom is -0.376 e. The summed E-state index contributed by atoms with van der Waals surface area (Å²) in [7, 11) is 0. The van der Waals surface area contributed by atoms with Crippen LogP contribution in [0.25, 0.3) is 0 Å². The fraction of sp³-hybridized carbons (Fsp3) is 0.471. The van der Waals surface area contributed by atoms with E-state index in [2.05, 4.69) is 9.97 Å². The van der Waals surface area contributed by atoms with Gasteiger partial charge in [-0.05, 0) is 37.5 Å². The Kier molecular flexibility index (Phi) is 6.23. The highest BCUT2D eigenvalue weighted by molar-refractivity contribution is 8.01. The molecule has 0 radical (unpaired) electrons. The molecule has 3 heterocycles. The van der Waals surface area contributed by atoms with Crippen LogP contribution in [0.15, 0.2) is 34.2 Å². The zero-order valence-electron chi connectivity index (χ0n) is 13.7. The largest absolute Gasteiger partial charge is 0.376 e. The van der Waals surface area contributed by atoms with Crippen molar-refractivity contribution in [2.75, 3.05) is 18.9 Å². The molecule has 1 saturated heterocycles. The van der Waals surface area contributed by atoms with Crippen LogP contribution in [0, 0.1) is 6.92 Å². The number of ether oxygens (including phenoxy) is 1. The van der Waals surface area contributed by atoms with Crippen LogP contribution in [0.1, 0.15) is 24.1 Å². The molecule has 3 rings (SSSR count). The Morgan fingerprint density at radius 2 is 2.29 bits per heavy atom. The summed E-state index contributed by atoms with van der Waals surface area (Å²) in [4.78, 5) is 23.1. The molecule has 1 amide bonds. The number of rotatable bonds is 7. The Labute approximate surface area is 150 Å². The molecular formula is C17H21N3O2S2. The van der Waals surface area contributed by atoms with Crippen LogP contribution in [-0.2, 0) is 16.1 Å². The number of carbonyl (C=O) groups is 1. The number of carbonyl (C=O) groups excluding carboxylic acids is 1. The first-order chi connectivity index (χ1) is 11.7. The number of aromatic nitrogens is 2. The Bertz CT molecular complexity index is 657. The van der Waals surface area contributed by atoms with Gasteiger partial charge in [0.05, 0.1) is 11.9 Å². The minimum absolute atomic E-state index is 0.125. The lowest BCUT2D eigenvalue weighted by Crippen LogP contribution is -2.38. The topological polar surface area (TPSA) is 55.3 Å². The van der Waals surface area contributed by atoms with Crippen molar-refractivity contribution >= 4 is 29.0 Å². The van der Waals surface area contributed by atoms with Gasteiger partial charge in [0.2, 0.25) is 5.91 Å². The molecule has 24 heavy (non-hydrogen) atoms. The third kappa shape index (κ3) is 5.03. The van der Waals surface area contributed by atoms with Crippen LogP contribution in [-0.4, -0.2) is 45.8 Å². The lowest BCUT2D eigenvalue weighted by atomic mass is 10.2. The molecule has 0 saturated carbocycles. The zero-order valence-corrected chi connectivity index (χ0v) is 15.3. The second-order valence-electron chi connectivity index (χ2n) is 5.81. The summed E-state index contributed by atoms with van der Waals surface area (Å²) in [6, 6.07) is 3.90. The van der Waals surface area contributed by atoms with Gasteiger partial charge in [0.15, 0.2) is 4.34 Å². The van der Waals surface area contributed by atoms with Crippen molar-refractivity contribution in [3.63, 3.8) is 0 Å². The first kappa shape index (κ1) is 17.4. The van der Waals surface area contributed by atoms with Gasteiger partial charge in [0, 0.05) is 43.2 Å². The number of hydrogen-bond donors (Lipinski definition) is 0. The van der Waals surface area contributed by atoms with Crippen LogP contribution in [0.2, 0.25) is 0 Å². The van der Waals surface area contributed by atoms with E-state index in [1.807, 2.05) is 29.3 Å². The quantitative estimate of drug-likeness (QED) is 0.708. The van der Waals surface area contributed by atoms with E-state index in [1.54, 1.807) is 23.7 Å². The van der Waals surface area contributed by atoms with Crippen molar-refractivity contribution in [2.45, 2.75) is 36.8 Å². The highest BCUT2D eigenvalue weighted by Crippen LogP contribution is 2.23. The third-order valence-corrected chi connectivity index (χ3v) is 5.96. The molecule has 1 aliphatic heterocycles. The number of hydrogen-bond acceptors (Lipinski definition) is 6. The molecule has 7 heteroatoms. The molecule has 2 aromatic heterocycles. The fourth-order valence-electron chi connectivity index (χ4n) is 2.61. The molecule has 0 bridgehead atoms. The Morgan fingerprint density at radius 3 is 2.96 bits per heavy atom. The minimum atomic E-state index is 0.125. The molecule has 128 valence electrons. The summed E-state index contributed by atoms with van der Waals surface area (Å²) >= 11 is 3.10. The number of aryl methyl sites for hydroxylation is 1. The molecule has 0 spiro atoms. The molecule has 1 fully saturated rings. The van der Waals surface area contributed by atoms with Crippen molar-refractivity contribution in [3.05, 3.63) is 41.2 Å². The lowest BCUT2D eigenvalue weighted by Gasteiger charge is -2.25. The molecule has 0 unspecified atom stereocenters. The van der Waals surface area contributed by atoms with E-state index in [9.17, 15) is 4.79 Å². The normalized spacial score (nSPS) is 17.1. The van der Waals surface area contributed by atoms with Gasteiger partial charge < -0.3 is 9.64 Å². The number of amides is 1. The number of thioether (sulfide) groups is 1. The van der Waals surface area contributed by atoms with Crippen LogP contribution < -0.4 is 0 Å². The van der Waals surface area contributed by atoms with Crippen molar-refractivity contribution in [2.24, 2.45) is 0 Å². The fourth-order valence-corrected chi connectivity index (χ4v) is 4.36. The summed E-state index contributed by atoms with van der Waals surface area (Å²) in [6.07, 6.45) is 5.78. The predicted octanol–water partition coefficient (Wildman–Crippen LogP) is 3.15. The van der Waals surface area contributed by atoms with Gasteiger partial charge in [-0.3, -0.25) is 9.78 Å². The Balaban J connectivity index is 1.61. The highest BCUT2D eigenvalue weighted by atomic mass is 32.2. The van der Waals surface area contributed by atoms with E-state index >= 15 is 0 Å². The molecule has 0 aromatic carbocycles. The average molecular weight is 364 g/mol. The summed E-state index contributed by atoms with van der Waals surface area (Å²) in [5.74, 6) is 0.533. The first-order valence-electron chi connectivity index (χ1n) is 8.04. The molecule has 1 atom stereocenters. The second-order valence-corrected chi connectivity index (χ2v) is 7.89. The van der Waals surface area contributed by atoms with Crippen molar-refractivity contribution in [1.29, 1.82) is 0 Å². The molecule has 1 aliphatic rings. The summed E-state index contributed by atoms with van der Waals surface area (Å²) < 4.78 is 6.66. The van der Waals surface area contributed by atoms with Gasteiger partial charge in [-0.1, -0.05) is 11.8 Å². The van der Waals surface area contributed by atoms with Gasteiger partial charge in [0.1, 0.15) is 0 Å². The molecule has 0 N–H and O–H groups in total. The van der Waals surface area contributed by atoms with Gasteiger partial charge in [-0.25, -0.2) is 4.98 Å². The summed E-state index contributed by atoms with van der Waals surface area (Å²) in [6.45, 7) is 4.02. The monoisotopic (exact) mass is 363 g/mol. The summed E-state index contributed by atoms with van der Waals surface area (Å²) in [5, 5.41) is 2.01. The van der Waals surface area contributed by atoms with Gasteiger partial charge in [0.25, 0.3) is 0 Å². The van der Waals surface area contributed by atoms with Crippen molar-refractivity contribution in [1.82, 2.24) is 14.9 Å². The number of nitrogens with zero attached hydrogens (tertiary/aromatic N) is 3. The van der Waals surface area contributed by atoms with E-state index in [1.165, 1.54) is 11.8 Å². The smallest absolute Gasteiger partial charge is 0.233 e. The molecule has 2 aromatic rings. The second kappa shape index (κ2) is 8.60. The number of thiazole rings is 1.